The van der Waals surface area contributed by atoms with Crippen LogP contribution in [0.5, 0.6) is 0 Å². The molecule has 0 aromatic heterocycles. The first kappa shape index (κ1) is 19.1. The lowest BCUT2D eigenvalue weighted by atomic mass is 9.91. The van der Waals surface area contributed by atoms with Crippen molar-refractivity contribution in [3.63, 3.8) is 0 Å². The molecule has 0 radical (unpaired) electrons. The van der Waals surface area contributed by atoms with Crippen LogP contribution in [-0.4, -0.2) is 44.7 Å². The van der Waals surface area contributed by atoms with Crippen LogP contribution in [0.1, 0.15) is 41.5 Å². The van der Waals surface area contributed by atoms with Crippen LogP contribution < -0.4 is 5.32 Å². The van der Waals surface area contributed by atoms with Crippen LogP contribution >= 0.6 is 0 Å². The lowest BCUT2D eigenvalue weighted by molar-refractivity contribution is -0.132. The van der Waals surface area contributed by atoms with Gasteiger partial charge in [-0.05, 0) is 0 Å². The van der Waals surface area contributed by atoms with Gasteiger partial charge in [-0.3, -0.25) is 9.59 Å². The fraction of sp³-hybridized carbons (Fsp3) is 0.867. The lowest BCUT2D eigenvalue weighted by Crippen LogP contribution is -2.36. The van der Waals surface area contributed by atoms with Crippen molar-refractivity contribution in [2.24, 2.45) is 10.8 Å². The molecule has 0 atom stereocenters. The number of carbonyl (C=O) groups is 2. The van der Waals surface area contributed by atoms with Gasteiger partial charge in [-0.25, -0.2) is 0 Å². The van der Waals surface area contributed by atoms with Gasteiger partial charge in [0.1, 0.15) is 6.61 Å². The first-order valence-corrected chi connectivity index (χ1v) is 7.02. The summed E-state index contributed by atoms with van der Waals surface area (Å²) in [5.74, 6) is 0.0862. The molecule has 0 aliphatic heterocycles. The Kier molecular flexibility index (Phi) is 7.98. The van der Waals surface area contributed by atoms with Gasteiger partial charge in [0.2, 0.25) is 5.91 Å². The van der Waals surface area contributed by atoms with E-state index in [0.29, 0.717) is 26.4 Å². The second-order valence-corrected chi connectivity index (χ2v) is 6.84. The molecule has 20 heavy (non-hydrogen) atoms. The molecule has 0 unspecified atom stereocenters. The zero-order valence-electron chi connectivity index (χ0n) is 13.7. The lowest BCUT2D eigenvalue weighted by Gasteiger charge is -2.17. The minimum atomic E-state index is -0.379. The quantitative estimate of drug-likeness (QED) is 0.691. The predicted molar refractivity (Wildman–Crippen MR) is 78.6 cm³/mol. The van der Waals surface area contributed by atoms with Crippen molar-refractivity contribution in [1.82, 2.24) is 5.32 Å². The van der Waals surface area contributed by atoms with Gasteiger partial charge in [0, 0.05) is 17.4 Å². The summed E-state index contributed by atoms with van der Waals surface area (Å²) in [6, 6.07) is 0. The maximum absolute atomic E-state index is 11.6. The second kappa shape index (κ2) is 8.37. The predicted octanol–water partition coefficient (Wildman–Crippen LogP) is 1.80. The largest absolute Gasteiger partial charge is 0.377 e. The summed E-state index contributed by atoms with van der Waals surface area (Å²) < 4.78 is 10.6. The molecule has 0 aliphatic rings. The zero-order valence-corrected chi connectivity index (χ0v) is 13.7. The molecule has 0 aromatic carbocycles. The molecule has 118 valence electrons. The number of carbonyl (C=O) groups excluding carboxylic acids is 2. The van der Waals surface area contributed by atoms with Crippen LogP contribution in [0.15, 0.2) is 0 Å². The Morgan fingerprint density at radius 1 is 0.850 bits per heavy atom. The third-order valence-corrected chi connectivity index (χ3v) is 2.65. The molecular weight excluding hydrogens is 258 g/mol. The van der Waals surface area contributed by atoms with Crippen molar-refractivity contribution in [1.29, 1.82) is 0 Å². The van der Waals surface area contributed by atoms with Crippen molar-refractivity contribution >= 4 is 11.7 Å². The SMILES string of the molecule is CC(C)(C)C(=O)COCCOCCNC(=O)C(C)(C)C. The third kappa shape index (κ3) is 9.04. The Morgan fingerprint density at radius 3 is 1.90 bits per heavy atom. The minimum absolute atomic E-state index is 0.00752. The maximum Gasteiger partial charge on any atom is 0.225 e. The van der Waals surface area contributed by atoms with Crippen LogP contribution in [0.4, 0.5) is 0 Å². The zero-order chi connectivity index (χ0) is 15.8. The second-order valence-electron chi connectivity index (χ2n) is 6.84. The number of Topliss-reactive ketones (excluding diaryl/α,β-unsaturated/α-hetero) is 1. The van der Waals surface area contributed by atoms with Crippen molar-refractivity contribution < 1.29 is 19.1 Å². The molecule has 0 saturated carbocycles. The van der Waals surface area contributed by atoms with Gasteiger partial charge < -0.3 is 14.8 Å². The number of ether oxygens (including phenoxy) is 2. The topological polar surface area (TPSA) is 64.6 Å². The summed E-state index contributed by atoms with van der Waals surface area (Å²) in [4.78, 5) is 23.1. The first-order valence-electron chi connectivity index (χ1n) is 7.02. The third-order valence-electron chi connectivity index (χ3n) is 2.65. The van der Waals surface area contributed by atoms with Crippen molar-refractivity contribution in [3.8, 4) is 0 Å². The van der Waals surface area contributed by atoms with Crippen LogP contribution in [0, 0.1) is 10.8 Å². The van der Waals surface area contributed by atoms with Crippen molar-refractivity contribution in [2.45, 2.75) is 41.5 Å². The van der Waals surface area contributed by atoms with Crippen LogP contribution in [-0.2, 0) is 19.1 Å². The summed E-state index contributed by atoms with van der Waals surface area (Å²) in [5, 5.41) is 2.79. The summed E-state index contributed by atoms with van der Waals surface area (Å²) in [5.41, 5.74) is -0.742. The molecular formula is C15H29NO4. The monoisotopic (exact) mass is 287 g/mol. The molecule has 0 saturated heterocycles. The maximum atomic E-state index is 11.6. The first-order chi connectivity index (χ1) is 9.05. The molecule has 0 spiro atoms. The molecule has 1 amide bonds. The normalized spacial score (nSPS) is 12.3. The average molecular weight is 287 g/mol. The Hall–Kier alpha value is -0.940. The summed E-state index contributed by atoms with van der Waals surface area (Å²) in [6.45, 7) is 13.0. The smallest absolute Gasteiger partial charge is 0.225 e. The number of amides is 1. The Balaban J connectivity index is 3.47. The van der Waals surface area contributed by atoms with E-state index in [0.717, 1.165) is 0 Å². The molecule has 0 bridgehead atoms. The van der Waals surface area contributed by atoms with E-state index in [1.54, 1.807) is 0 Å². The molecule has 0 heterocycles. The Labute approximate surface area is 122 Å². The minimum Gasteiger partial charge on any atom is -0.377 e. The average Bonchev–Trinajstić information content (AvgIpc) is 2.29. The van der Waals surface area contributed by atoms with E-state index >= 15 is 0 Å². The highest BCUT2D eigenvalue weighted by molar-refractivity contribution is 5.84. The van der Waals surface area contributed by atoms with E-state index in [2.05, 4.69) is 5.32 Å². The van der Waals surface area contributed by atoms with Gasteiger partial charge >= 0.3 is 0 Å². The number of ketones is 1. The van der Waals surface area contributed by atoms with Gasteiger partial charge in [0.15, 0.2) is 5.78 Å². The number of hydrogen-bond donors (Lipinski definition) is 1. The van der Waals surface area contributed by atoms with Gasteiger partial charge in [0.25, 0.3) is 0 Å². The molecule has 5 heteroatoms. The van der Waals surface area contributed by atoms with Gasteiger partial charge in [-0.2, -0.15) is 0 Å². The fourth-order valence-electron chi connectivity index (χ4n) is 1.10. The van der Waals surface area contributed by atoms with E-state index in [4.69, 9.17) is 9.47 Å². The van der Waals surface area contributed by atoms with Gasteiger partial charge in [0.05, 0.1) is 19.8 Å². The van der Waals surface area contributed by atoms with Crippen molar-refractivity contribution in [2.75, 3.05) is 33.0 Å². The highest BCUT2D eigenvalue weighted by Gasteiger charge is 2.21. The van der Waals surface area contributed by atoms with Gasteiger partial charge in [-0.1, -0.05) is 41.5 Å². The molecule has 0 aromatic rings. The molecule has 0 aliphatic carbocycles. The molecule has 5 nitrogen and oxygen atoms in total. The van der Waals surface area contributed by atoms with Crippen molar-refractivity contribution in [3.05, 3.63) is 0 Å². The van der Waals surface area contributed by atoms with E-state index < -0.39 is 0 Å². The Morgan fingerprint density at radius 2 is 1.40 bits per heavy atom. The van der Waals surface area contributed by atoms with E-state index in [1.807, 2.05) is 41.5 Å². The summed E-state index contributed by atoms with van der Waals surface area (Å²) in [6.07, 6.45) is 0. The summed E-state index contributed by atoms with van der Waals surface area (Å²) >= 11 is 0. The van der Waals surface area contributed by atoms with Crippen LogP contribution in [0.25, 0.3) is 0 Å². The number of hydrogen-bond acceptors (Lipinski definition) is 4. The number of nitrogens with one attached hydrogen (secondary N) is 1. The van der Waals surface area contributed by atoms with E-state index in [9.17, 15) is 9.59 Å². The number of rotatable bonds is 8. The highest BCUT2D eigenvalue weighted by atomic mass is 16.5. The molecule has 1 N–H and O–H groups in total. The van der Waals surface area contributed by atoms with E-state index in [-0.39, 0.29) is 29.1 Å². The standard InChI is InChI=1S/C15H29NO4/c1-14(2,3)12(17)11-20-10-9-19-8-7-16-13(18)15(4,5)6/h7-11H2,1-6H3,(H,16,18). The summed E-state index contributed by atoms with van der Waals surface area (Å²) in [7, 11) is 0. The highest BCUT2D eigenvalue weighted by Crippen LogP contribution is 2.14. The van der Waals surface area contributed by atoms with Crippen LogP contribution in [0.2, 0.25) is 0 Å². The fourth-order valence-corrected chi connectivity index (χ4v) is 1.10. The van der Waals surface area contributed by atoms with Gasteiger partial charge in [-0.15, -0.1) is 0 Å². The Bertz CT molecular complexity index is 281. The molecule has 0 rings (SSSR count). The van der Waals surface area contributed by atoms with E-state index in [1.165, 1.54) is 0 Å². The van der Waals surface area contributed by atoms with Crippen LogP contribution in [0.3, 0.4) is 0 Å². The molecule has 0 fully saturated rings.